The van der Waals surface area contributed by atoms with Crippen LogP contribution >= 0.6 is 0 Å². The number of aliphatic hydroxyl groups is 1. The summed E-state index contributed by atoms with van der Waals surface area (Å²) in [5.41, 5.74) is 7.59. The van der Waals surface area contributed by atoms with Gasteiger partial charge < -0.3 is 15.6 Å². The highest BCUT2D eigenvalue weighted by atomic mass is 16.6. The molecule has 1 unspecified atom stereocenters. The van der Waals surface area contributed by atoms with E-state index in [-0.39, 0.29) is 0 Å². The number of aliphatic hydroxyl groups excluding tert-OH is 1. The Labute approximate surface area is 78.1 Å². The molecule has 0 amide bonds. The van der Waals surface area contributed by atoms with Crippen LogP contribution in [0.2, 0.25) is 0 Å². The van der Waals surface area contributed by atoms with Crippen molar-refractivity contribution in [2.24, 2.45) is 5.73 Å². The van der Waals surface area contributed by atoms with Crippen LogP contribution in [0.15, 0.2) is 24.3 Å². The topological polar surface area (TPSA) is 55.5 Å². The molecule has 3 nitrogen and oxygen atoms in total. The zero-order valence-corrected chi connectivity index (χ0v) is 7.73. The van der Waals surface area contributed by atoms with Crippen LogP contribution < -0.4 is 5.73 Å². The van der Waals surface area contributed by atoms with Gasteiger partial charge in [-0.1, -0.05) is 24.3 Å². The van der Waals surface area contributed by atoms with E-state index in [4.69, 9.17) is 10.5 Å². The molecule has 0 bridgehead atoms. The fourth-order valence-corrected chi connectivity index (χ4v) is 1.10. The van der Waals surface area contributed by atoms with Crippen molar-refractivity contribution in [2.75, 3.05) is 7.11 Å². The average molecular weight is 181 g/mol. The van der Waals surface area contributed by atoms with E-state index in [1.165, 1.54) is 7.11 Å². The molecule has 0 spiro atoms. The van der Waals surface area contributed by atoms with Crippen LogP contribution in [0.25, 0.3) is 0 Å². The van der Waals surface area contributed by atoms with Crippen LogP contribution in [0.4, 0.5) is 0 Å². The van der Waals surface area contributed by atoms with Gasteiger partial charge in [0.05, 0.1) is 0 Å². The van der Waals surface area contributed by atoms with Gasteiger partial charge in [0.15, 0.2) is 6.29 Å². The third-order valence-electron chi connectivity index (χ3n) is 1.94. The van der Waals surface area contributed by atoms with Crippen molar-refractivity contribution in [3.8, 4) is 0 Å². The maximum atomic E-state index is 9.19. The quantitative estimate of drug-likeness (QED) is 0.671. The molecule has 0 heterocycles. The molecular weight excluding hydrogens is 166 g/mol. The molecule has 13 heavy (non-hydrogen) atoms. The van der Waals surface area contributed by atoms with Gasteiger partial charge in [0.1, 0.15) is 0 Å². The minimum atomic E-state index is -0.719. The van der Waals surface area contributed by atoms with E-state index in [9.17, 15) is 5.11 Å². The number of hydrogen-bond donors (Lipinski definition) is 2. The number of methoxy groups -OCH3 is 1. The number of rotatable bonds is 4. The molecule has 0 aliphatic rings. The highest BCUT2D eigenvalue weighted by molar-refractivity contribution is 5.22. The predicted octanol–water partition coefficient (Wildman–Crippen LogP) is 0.653. The Hall–Kier alpha value is -0.900. The lowest BCUT2D eigenvalue weighted by molar-refractivity contribution is -0.0720. The van der Waals surface area contributed by atoms with Crippen LogP contribution in [0.1, 0.15) is 11.1 Å². The van der Waals surface area contributed by atoms with E-state index in [2.05, 4.69) is 0 Å². The largest absolute Gasteiger partial charge is 0.368 e. The van der Waals surface area contributed by atoms with Crippen molar-refractivity contribution < 1.29 is 9.84 Å². The van der Waals surface area contributed by atoms with Crippen molar-refractivity contribution in [3.05, 3.63) is 35.4 Å². The summed E-state index contributed by atoms with van der Waals surface area (Å²) in [5.74, 6) is 0. The first-order valence-corrected chi connectivity index (χ1v) is 4.25. The van der Waals surface area contributed by atoms with Gasteiger partial charge in [-0.2, -0.15) is 0 Å². The summed E-state index contributed by atoms with van der Waals surface area (Å²) >= 11 is 0. The van der Waals surface area contributed by atoms with E-state index >= 15 is 0 Å². The van der Waals surface area contributed by atoms with Crippen molar-refractivity contribution in [2.45, 2.75) is 19.3 Å². The first-order chi connectivity index (χ1) is 6.26. The Balaban J connectivity index is 2.58. The minimum absolute atomic E-state index is 0.515. The van der Waals surface area contributed by atoms with E-state index in [1.807, 2.05) is 24.3 Å². The van der Waals surface area contributed by atoms with Crippen molar-refractivity contribution >= 4 is 0 Å². The van der Waals surface area contributed by atoms with E-state index < -0.39 is 6.29 Å². The van der Waals surface area contributed by atoms with Gasteiger partial charge in [-0.15, -0.1) is 0 Å². The molecule has 72 valence electrons. The third-order valence-corrected chi connectivity index (χ3v) is 1.94. The number of nitrogens with two attached hydrogens (primary N) is 1. The van der Waals surface area contributed by atoms with Crippen LogP contribution in [-0.4, -0.2) is 18.5 Å². The van der Waals surface area contributed by atoms with Gasteiger partial charge in [0.25, 0.3) is 0 Å². The molecule has 1 aromatic rings. The summed E-state index contributed by atoms with van der Waals surface area (Å²) in [4.78, 5) is 0. The SMILES string of the molecule is COC(O)Cc1ccc(CN)cc1. The lowest BCUT2D eigenvalue weighted by Crippen LogP contribution is -2.12. The lowest BCUT2D eigenvalue weighted by atomic mass is 10.1. The fourth-order valence-electron chi connectivity index (χ4n) is 1.10. The smallest absolute Gasteiger partial charge is 0.158 e. The second-order valence-corrected chi connectivity index (χ2v) is 2.92. The first-order valence-electron chi connectivity index (χ1n) is 4.25. The predicted molar refractivity (Wildman–Crippen MR) is 51.1 cm³/mol. The van der Waals surface area contributed by atoms with Gasteiger partial charge in [0.2, 0.25) is 0 Å². The summed E-state index contributed by atoms with van der Waals surface area (Å²) in [5, 5.41) is 9.19. The zero-order chi connectivity index (χ0) is 9.68. The molecule has 0 saturated heterocycles. The van der Waals surface area contributed by atoms with Crippen LogP contribution in [0, 0.1) is 0 Å². The molecule has 0 radical (unpaired) electrons. The maximum absolute atomic E-state index is 9.19. The second kappa shape index (κ2) is 4.97. The molecule has 0 saturated carbocycles. The molecular formula is C10H15NO2. The van der Waals surface area contributed by atoms with Gasteiger partial charge in [0, 0.05) is 20.1 Å². The Kier molecular flexibility index (Phi) is 3.89. The van der Waals surface area contributed by atoms with Crippen molar-refractivity contribution in [1.29, 1.82) is 0 Å². The monoisotopic (exact) mass is 181 g/mol. The number of ether oxygens (including phenoxy) is 1. The molecule has 1 atom stereocenters. The number of hydrogen-bond acceptors (Lipinski definition) is 3. The normalized spacial score (nSPS) is 12.8. The third kappa shape index (κ3) is 3.14. The van der Waals surface area contributed by atoms with Gasteiger partial charge in [-0.25, -0.2) is 0 Å². The molecule has 0 aromatic heterocycles. The van der Waals surface area contributed by atoms with Gasteiger partial charge >= 0.3 is 0 Å². The van der Waals surface area contributed by atoms with Gasteiger partial charge in [-0.05, 0) is 11.1 Å². The summed E-state index contributed by atoms with van der Waals surface area (Å²) in [6, 6.07) is 7.81. The van der Waals surface area contributed by atoms with Crippen molar-refractivity contribution in [1.82, 2.24) is 0 Å². The highest BCUT2D eigenvalue weighted by Gasteiger charge is 2.02. The molecule has 3 N–H and O–H groups in total. The van der Waals surface area contributed by atoms with Crippen LogP contribution in [-0.2, 0) is 17.7 Å². The summed E-state index contributed by atoms with van der Waals surface area (Å²) in [6.45, 7) is 0.549. The molecule has 0 fully saturated rings. The summed E-state index contributed by atoms with van der Waals surface area (Å²) in [7, 11) is 1.49. The molecule has 1 aromatic carbocycles. The molecule has 3 heteroatoms. The maximum Gasteiger partial charge on any atom is 0.158 e. The van der Waals surface area contributed by atoms with E-state index in [1.54, 1.807) is 0 Å². The molecule has 1 rings (SSSR count). The summed E-state index contributed by atoms with van der Waals surface area (Å²) < 4.78 is 4.74. The first kappa shape index (κ1) is 10.2. The Morgan fingerprint density at radius 3 is 2.31 bits per heavy atom. The zero-order valence-electron chi connectivity index (χ0n) is 7.73. The standard InChI is InChI=1S/C10H15NO2/c1-13-10(12)6-8-2-4-9(7-11)5-3-8/h2-5,10,12H,6-7,11H2,1H3. The van der Waals surface area contributed by atoms with E-state index in [0.717, 1.165) is 11.1 Å². The second-order valence-electron chi connectivity index (χ2n) is 2.92. The summed E-state index contributed by atoms with van der Waals surface area (Å²) in [6.07, 6.45) is -0.204. The minimum Gasteiger partial charge on any atom is -0.368 e. The Morgan fingerprint density at radius 2 is 1.85 bits per heavy atom. The molecule has 0 aliphatic heterocycles. The van der Waals surface area contributed by atoms with Crippen LogP contribution in [0.3, 0.4) is 0 Å². The highest BCUT2D eigenvalue weighted by Crippen LogP contribution is 2.06. The van der Waals surface area contributed by atoms with Crippen molar-refractivity contribution in [3.63, 3.8) is 0 Å². The fraction of sp³-hybridized carbons (Fsp3) is 0.400. The number of benzene rings is 1. The van der Waals surface area contributed by atoms with E-state index in [0.29, 0.717) is 13.0 Å². The molecule has 0 aliphatic carbocycles. The Bertz CT molecular complexity index is 246. The Morgan fingerprint density at radius 1 is 1.31 bits per heavy atom. The van der Waals surface area contributed by atoms with Crippen LogP contribution in [0.5, 0.6) is 0 Å². The van der Waals surface area contributed by atoms with Gasteiger partial charge in [-0.3, -0.25) is 0 Å². The average Bonchev–Trinajstić information content (AvgIpc) is 2.19. The lowest BCUT2D eigenvalue weighted by Gasteiger charge is -2.08.